The van der Waals surface area contributed by atoms with Crippen LogP contribution < -0.4 is 5.32 Å². The van der Waals surface area contributed by atoms with Gasteiger partial charge in [-0.2, -0.15) is 0 Å². The summed E-state index contributed by atoms with van der Waals surface area (Å²) < 4.78 is 0.966. The van der Waals surface area contributed by atoms with Crippen LogP contribution in [-0.4, -0.2) is 6.54 Å². The molecule has 1 aromatic rings. The second kappa shape index (κ2) is 4.47. The second-order valence-corrected chi connectivity index (χ2v) is 4.31. The van der Waals surface area contributed by atoms with Crippen LogP contribution in [0.3, 0.4) is 0 Å². The first kappa shape index (κ1) is 10.3. The molecule has 70 valence electrons. The van der Waals surface area contributed by atoms with Gasteiger partial charge in [0.1, 0.15) is 0 Å². The standard InChI is InChI=1S/C11H14BrN/c1-8-4-5-9(2)11(6-8)13-7-10(3)12/h4-6,13H,3,7H2,1-2H3. The van der Waals surface area contributed by atoms with Crippen LogP contribution >= 0.6 is 15.9 Å². The molecule has 0 aliphatic carbocycles. The van der Waals surface area contributed by atoms with Crippen molar-refractivity contribution in [2.75, 3.05) is 11.9 Å². The number of anilines is 1. The van der Waals surface area contributed by atoms with E-state index in [2.05, 4.69) is 59.9 Å². The summed E-state index contributed by atoms with van der Waals surface area (Å²) in [4.78, 5) is 0. The van der Waals surface area contributed by atoms with Gasteiger partial charge in [0.25, 0.3) is 0 Å². The Morgan fingerprint density at radius 1 is 1.46 bits per heavy atom. The molecule has 0 saturated heterocycles. The Morgan fingerprint density at radius 2 is 2.15 bits per heavy atom. The lowest BCUT2D eigenvalue weighted by Gasteiger charge is -2.09. The van der Waals surface area contributed by atoms with Crippen LogP contribution in [0.5, 0.6) is 0 Å². The van der Waals surface area contributed by atoms with Crippen LogP contribution in [0.4, 0.5) is 5.69 Å². The van der Waals surface area contributed by atoms with E-state index in [9.17, 15) is 0 Å². The molecule has 0 amide bonds. The molecule has 0 aliphatic rings. The number of aryl methyl sites for hydroxylation is 2. The van der Waals surface area contributed by atoms with Gasteiger partial charge in [0.2, 0.25) is 0 Å². The Kier molecular flexibility index (Phi) is 3.55. The third-order valence-electron chi connectivity index (χ3n) is 1.86. The lowest BCUT2D eigenvalue weighted by Crippen LogP contribution is -2.02. The Labute approximate surface area is 88.0 Å². The molecule has 1 N–H and O–H groups in total. The van der Waals surface area contributed by atoms with Crippen LogP contribution in [0.25, 0.3) is 0 Å². The fourth-order valence-corrected chi connectivity index (χ4v) is 1.26. The van der Waals surface area contributed by atoms with E-state index in [0.717, 1.165) is 11.0 Å². The molecular weight excluding hydrogens is 226 g/mol. The zero-order valence-electron chi connectivity index (χ0n) is 8.02. The minimum absolute atomic E-state index is 0.768. The number of hydrogen-bond donors (Lipinski definition) is 1. The summed E-state index contributed by atoms with van der Waals surface area (Å²) in [5, 5.41) is 3.31. The molecule has 0 aromatic heterocycles. The summed E-state index contributed by atoms with van der Waals surface area (Å²) in [5.41, 5.74) is 3.72. The molecule has 0 fully saturated rings. The molecule has 0 spiro atoms. The van der Waals surface area contributed by atoms with Crippen molar-refractivity contribution in [1.29, 1.82) is 0 Å². The highest BCUT2D eigenvalue weighted by molar-refractivity contribution is 9.11. The fraction of sp³-hybridized carbons (Fsp3) is 0.273. The smallest absolute Gasteiger partial charge is 0.0460 e. The average Bonchev–Trinajstić information content (AvgIpc) is 2.06. The van der Waals surface area contributed by atoms with Crippen LogP contribution in [0.15, 0.2) is 29.3 Å². The first-order valence-corrected chi connectivity index (χ1v) is 5.03. The Morgan fingerprint density at radius 3 is 2.77 bits per heavy atom. The normalized spacial score (nSPS) is 9.77. The average molecular weight is 240 g/mol. The van der Waals surface area contributed by atoms with Crippen molar-refractivity contribution in [3.05, 3.63) is 40.4 Å². The third-order valence-corrected chi connectivity index (χ3v) is 2.14. The maximum Gasteiger partial charge on any atom is 0.0460 e. The zero-order chi connectivity index (χ0) is 9.84. The van der Waals surface area contributed by atoms with Gasteiger partial charge in [-0.3, -0.25) is 0 Å². The minimum atomic E-state index is 0.768. The minimum Gasteiger partial charge on any atom is -0.380 e. The summed E-state index contributed by atoms with van der Waals surface area (Å²) in [5.74, 6) is 0. The molecule has 0 bridgehead atoms. The summed E-state index contributed by atoms with van der Waals surface area (Å²) in [6.07, 6.45) is 0. The zero-order valence-corrected chi connectivity index (χ0v) is 9.61. The van der Waals surface area contributed by atoms with Crippen molar-refractivity contribution in [1.82, 2.24) is 0 Å². The summed E-state index contributed by atoms with van der Waals surface area (Å²) in [6.45, 7) is 8.73. The van der Waals surface area contributed by atoms with E-state index in [1.165, 1.54) is 16.8 Å². The maximum absolute atomic E-state index is 3.78. The fourth-order valence-electron chi connectivity index (χ4n) is 1.12. The van der Waals surface area contributed by atoms with E-state index in [4.69, 9.17) is 0 Å². The van der Waals surface area contributed by atoms with Gasteiger partial charge >= 0.3 is 0 Å². The Bertz CT molecular complexity index is 318. The SMILES string of the molecule is C=C(Br)CNc1cc(C)ccc1C. The summed E-state index contributed by atoms with van der Waals surface area (Å²) in [6, 6.07) is 6.38. The molecule has 0 unspecified atom stereocenters. The maximum atomic E-state index is 3.78. The van der Waals surface area contributed by atoms with Gasteiger partial charge in [0.15, 0.2) is 0 Å². The third kappa shape index (κ3) is 3.23. The van der Waals surface area contributed by atoms with Crippen molar-refractivity contribution < 1.29 is 0 Å². The number of rotatable bonds is 3. The van der Waals surface area contributed by atoms with Crippen LogP contribution in [0.1, 0.15) is 11.1 Å². The van der Waals surface area contributed by atoms with E-state index in [-0.39, 0.29) is 0 Å². The van der Waals surface area contributed by atoms with Crippen molar-refractivity contribution in [3.63, 3.8) is 0 Å². The highest BCUT2D eigenvalue weighted by atomic mass is 79.9. The molecule has 0 aliphatic heterocycles. The van der Waals surface area contributed by atoms with Gasteiger partial charge in [-0.05, 0) is 31.0 Å². The van der Waals surface area contributed by atoms with Gasteiger partial charge in [0, 0.05) is 16.7 Å². The van der Waals surface area contributed by atoms with Gasteiger partial charge < -0.3 is 5.32 Å². The second-order valence-electron chi connectivity index (χ2n) is 3.19. The van der Waals surface area contributed by atoms with Crippen molar-refractivity contribution in [2.24, 2.45) is 0 Å². The lowest BCUT2D eigenvalue weighted by molar-refractivity contribution is 1.28. The van der Waals surface area contributed by atoms with E-state index >= 15 is 0 Å². The van der Waals surface area contributed by atoms with E-state index < -0.39 is 0 Å². The highest BCUT2D eigenvalue weighted by Gasteiger charge is 1.97. The van der Waals surface area contributed by atoms with E-state index in [0.29, 0.717) is 0 Å². The molecule has 1 nitrogen and oxygen atoms in total. The Hall–Kier alpha value is -0.760. The molecule has 1 rings (SSSR count). The van der Waals surface area contributed by atoms with Crippen molar-refractivity contribution in [2.45, 2.75) is 13.8 Å². The van der Waals surface area contributed by atoms with Gasteiger partial charge in [-0.25, -0.2) is 0 Å². The molecule has 0 radical (unpaired) electrons. The van der Waals surface area contributed by atoms with E-state index in [1.807, 2.05) is 0 Å². The first-order valence-electron chi connectivity index (χ1n) is 4.24. The van der Waals surface area contributed by atoms with Crippen molar-refractivity contribution in [3.8, 4) is 0 Å². The Balaban J connectivity index is 2.75. The van der Waals surface area contributed by atoms with Crippen LogP contribution in [0, 0.1) is 13.8 Å². The molecular formula is C11H14BrN. The van der Waals surface area contributed by atoms with Crippen LogP contribution in [0.2, 0.25) is 0 Å². The molecule has 13 heavy (non-hydrogen) atoms. The first-order chi connectivity index (χ1) is 6.09. The van der Waals surface area contributed by atoms with Crippen molar-refractivity contribution >= 4 is 21.6 Å². The number of hydrogen-bond acceptors (Lipinski definition) is 1. The summed E-state index contributed by atoms with van der Waals surface area (Å²) >= 11 is 3.32. The quantitative estimate of drug-likeness (QED) is 0.850. The number of benzene rings is 1. The number of nitrogens with one attached hydrogen (secondary N) is 1. The monoisotopic (exact) mass is 239 g/mol. The van der Waals surface area contributed by atoms with Gasteiger partial charge in [-0.1, -0.05) is 34.6 Å². The topological polar surface area (TPSA) is 12.0 Å². The molecule has 2 heteroatoms. The van der Waals surface area contributed by atoms with Gasteiger partial charge in [0.05, 0.1) is 0 Å². The van der Waals surface area contributed by atoms with E-state index in [1.54, 1.807) is 0 Å². The largest absolute Gasteiger partial charge is 0.380 e. The van der Waals surface area contributed by atoms with Gasteiger partial charge in [-0.15, -0.1) is 0 Å². The van der Waals surface area contributed by atoms with Crippen LogP contribution in [-0.2, 0) is 0 Å². The molecule has 0 saturated carbocycles. The lowest BCUT2D eigenvalue weighted by atomic mass is 10.1. The predicted octanol–water partition coefficient (Wildman–Crippen LogP) is 3.62. The highest BCUT2D eigenvalue weighted by Crippen LogP contribution is 2.16. The molecule has 0 heterocycles. The predicted molar refractivity (Wildman–Crippen MR) is 62.5 cm³/mol. The molecule has 1 aromatic carbocycles. The molecule has 0 atom stereocenters. The summed E-state index contributed by atoms with van der Waals surface area (Å²) in [7, 11) is 0. The number of halogens is 1.